The lowest BCUT2D eigenvalue weighted by Crippen LogP contribution is -2.42. The highest BCUT2D eigenvalue weighted by Crippen LogP contribution is 2.25. The Morgan fingerprint density at radius 2 is 1.96 bits per heavy atom. The Labute approximate surface area is 161 Å². The fourth-order valence-electron chi connectivity index (χ4n) is 2.89. The number of H-pyrrole nitrogens is 1. The molecule has 4 N–H and O–H groups in total. The third-order valence-corrected chi connectivity index (χ3v) is 4.33. The van der Waals surface area contributed by atoms with Gasteiger partial charge in [-0.2, -0.15) is 0 Å². The topological polar surface area (TPSA) is 112 Å². The van der Waals surface area contributed by atoms with Crippen molar-refractivity contribution in [3.05, 3.63) is 65.9 Å². The molecule has 0 aliphatic rings. The fourth-order valence-corrected chi connectivity index (χ4v) is 2.89. The number of aromatic nitrogens is 1. The lowest BCUT2D eigenvalue weighted by atomic mass is 10.0. The second-order valence-corrected chi connectivity index (χ2v) is 6.23. The van der Waals surface area contributed by atoms with Crippen molar-refractivity contribution in [2.45, 2.75) is 12.5 Å². The summed E-state index contributed by atoms with van der Waals surface area (Å²) in [5, 5.41) is 22.4. The predicted molar refractivity (Wildman–Crippen MR) is 105 cm³/mol. The van der Waals surface area contributed by atoms with Crippen LogP contribution in [0.3, 0.4) is 0 Å². The number of rotatable bonds is 6. The van der Waals surface area contributed by atoms with Gasteiger partial charge < -0.3 is 25.3 Å². The number of carbonyl (C=O) groups is 2. The Bertz CT molecular complexity index is 1040. The molecule has 144 valence electrons. The van der Waals surface area contributed by atoms with Crippen LogP contribution in [0.4, 0.5) is 0 Å². The highest BCUT2D eigenvalue weighted by molar-refractivity contribution is 5.95. The highest BCUT2D eigenvalue weighted by atomic mass is 16.5. The van der Waals surface area contributed by atoms with Gasteiger partial charge in [-0.1, -0.05) is 24.3 Å². The van der Waals surface area contributed by atoms with E-state index in [0.717, 1.165) is 16.5 Å². The van der Waals surface area contributed by atoms with Gasteiger partial charge in [0.05, 0.1) is 7.11 Å². The molecule has 7 heteroatoms. The van der Waals surface area contributed by atoms with Crippen LogP contribution in [0.25, 0.3) is 17.0 Å². The van der Waals surface area contributed by atoms with Crippen LogP contribution in [0.1, 0.15) is 11.1 Å². The van der Waals surface area contributed by atoms with Crippen molar-refractivity contribution in [2.24, 2.45) is 0 Å². The number of esters is 1. The minimum atomic E-state index is -0.852. The summed E-state index contributed by atoms with van der Waals surface area (Å²) in [6, 6.07) is 11.0. The zero-order valence-electron chi connectivity index (χ0n) is 15.2. The Hall–Kier alpha value is -3.74. The predicted octanol–water partition coefficient (Wildman–Crippen LogP) is 2.49. The van der Waals surface area contributed by atoms with Gasteiger partial charge in [-0.25, -0.2) is 4.79 Å². The molecule has 0 aliphatic carbocycles. The number of hydrogen-bond acceptors (Lipinski definition) is 5. The number of ether oxygens (including phenoxy) is 1. The number of carbonyl (C=O) groups excluding carboxylic acids is 2. The van der Waals surface area contributed by atoms with Crippen molar-refractivity contribution in [3.8, 4) is 11.5 Å². The molecule has 1 heterocycles. The van der Waals surface area contributed by atoms with Gasteiger partial charge in [0.25, 0.3) is 0 Å². The normalized spacial score (nSPS) is 12.2. The van der Waals surface area contributed by atoms with Gasteiger partial charge in [-0.15, -0.1) is 0 Å². The van der Waals surface area contributed by atoms with Gasteiger partial charge in [0.1, 0.15) is 6.04 Å². The zero-order chi connectivity index (χ0) is 20.1. The number of aromatic hydroxyl groups is 2. The van der Waals surface area contributed by atoms with Crippen LogP contribution in [-0.2, 0) is 20.7 Å². The molecule has 0 unspecified atom stereocenters. The van der Waals surface area contributed by atoms with Crippen LogP contribution in [0.15, 0.2) is 54.7 Å². The number of para-hydroxylation sites is 1. The lowest BCUT2D eigenvalue weighted by Gasteiger charge is -2.15. The molecular formula is C21H20N2O5. The molecule has 28 heavy (non-hydrogen) atoms. The minimum absolute atomic E-state index is 0.244. The molecule has 3 rings (SSSR count). The van der Waals surface area contributed by atoms with Crippen LogP contribution in [0, 0.1) is 0 Å². The summed E-state index contributed by atoms with van der Waals surface area (Å²) < 4.78 is 4.82. The van der Waals surface area contributed by atoms with Crippen molar-refractivity contribution in [2.75, 3.05) is 7.11 Å². The maximum absolute atomic E-state index is 12.3. The fraction of sp³-hybridized carbons (Fsp3) is 0.143. The Morgan fingerprint density at radius 3 is 2.71 bits per heavy atom. The van der Waals surface area contributed by atoms with Crippen molar-refractivity contribution >= 4 is 28.9 Å². The standard InChI is InChI=1S/C21H20N2O5/c1-28-21(27)17(11-14-12-22-16-5-3-2-4-15(14)16)23-20(26)9-7-13-6-8-18(24)19(25)10-13/h2-10,12,17,22,24-25H,11H2,1H3,(H,23,26)/b9-7+/t17-/m0/s1. The number of methoxy groups -OCH3 is 1. The number of hydrogen-bond donors (Lipinski definition) is 4. The molecule has 1 atom stereocenters. The Morgan fingerprint density at radius 1 is 1.18 bits per heavy atom. The van der Waals surface area contributed by atoms with E-state index in [-0.39, 0.29) is 17.9 Å². The average Bonchev–Trinajstić information content (AvgIpc) is 3.11. The molecule has 0 bridgehead atoms. The van der Waals surface area contributed by atoms with Gasteiger partial charge >= 0.3 is 5.97 Å². The van der Waals surface area contributed by atoms with Crippen LogP contribution >= 0.6 is 0 Å². The van der Waals surface area contributed by atoms with Crippen molar-refractivity contribution in [1.82, 2.24) is 10.3 Å². The van der Waals surface area contributed by atoms with E-state index >= 15 is 0 Å². The quantitative estimate of drug-likeness (QED) is 0.298. The summed E-state index contributed by atoms with van der Waals surface area (Å²) in [6.45, 7) is 0. The lowest BCUT2D eigenvalue weighted by molar-refractivity contribution is -0.144. The number of phenolic OH excluding ortho intramolecular Hbond substituents is 2. The van der Waals surface area contributed by atoms with Gasteiger partial charge in [0.15, 0.2) is 11.5 Å². The van der Waals surface area contributed by atoms with Crippen molar-refractivity contribution in [3.63, 3.8) is 0 Å². The second-order valence-electron chi connectivity index (χ2n) is 6.23. The highest BCUT2D eigenvalue weighted by Gasteiger charge is 2.22. The maximum atomic E-state index is 12.3. The average molecular weight is 380 g/mol. The number of amides is 1. The smallest absolute Gasteiger partial charge is 0.328 e. The van der Waals surface area contributed by atoms with E-state index in [0.29, 0.717) is 5.56 Å². The summed E-state index contributed by atoms with van der Waals surface area (Å²) in [7, 11) is 1.27. The number of benzene rings is 2. The summed E-state index contributed by atoms with van der Waals surface area (Å²) in [5.41, 5.74) is 2.36. The Kier molecular flexibility index (Phi) is 5.64. The first-order valence-corrected chi connectivity index (χ1v) is 8.61. The van der Waals surface area contributed by atoms with Gasteiger partial charge in [-0.3, -0.25) is 4.79 Å². The SMILES string of the molecule is COC(=O)[C@H](Cc1c[nH]c2ccccc12)NC(=O)/C=C/c1ccc(O)c(O)c1. The molecule has 0 saturated carbocycles. The Balaban J connectivity index is 1.73. The molecule has 0 fully saturated rings. The number of nitrogens with one attached hydrogen (secondary N) is 2. The second kappa shape index (κ2) is 8.30. The molecule has 0 spiro atoms. The van der Waals surface area contributed by atoms with Crippen LogP contribution < -0.4 is 5.32 Å². The van der Waals surface area contributed by atoms with Gasteiger partial charge in [0.2, 0.25) is 5.91 Å². The van der Waals surface area contributed by atoms with E-state index in [1.54, 1.807) is 6.07 Å². The number of phenols is 2. The summed E-state index contributed by atoms with van der Waals surface area (Å²) in [5.74, 6) is -1.56. The van der Waals surface area contributed by atoms with Gasteiger partial charge in [-0.05, 0) is 35.4 Å². The summed E-state index contributed by atoms with van der Waals surface area (Å²) in [6.07, 6.45) is 4.80. The summed E-state index contributed by atoms with van der Waals surface area (Å²) >= 11 is 0. The first kappa shape index (κ1) is 19.0. The summed E-state index contributed by atoms with van der Waals surface area (Å²) in [4.78, 5) is 27.5. The maximum Gasteiger partial charge on any atom is 0.328 e. The molecule has 0 saturated heterocycles. The van der Waals surface area contributed by atoms with Crippen LogP contribution in [0.5, 0.6) is 11.5 Å². The molecule has 1 aromatic heterocycles. The number of fused-ring (bicyclic) bond motifs is 1. The monoisotopic (exact) mass is 380 g/mol. The molecule has 3 aromatic rings. The first-order valence-electron chi connectivity index (χ1n) is 8.61. The molecule has 2 aromatic carbocycles. The van der Waals surface area contributed by atoms with Crippen LogP contribution in [0.2, 0.25) is 0 Å². The van der Waals surface area contributed by atoms with Crippen molar-refractivity contribution < 1.29 is 24.5 Å². The molecule has 1 amide bonds. The van der Waals surface area contributed by atoms with Gasteiger partial charge in [0, 0.05) is 29.6 Å². The van der Waals surface area contributed by atoms with E-state index in [4.69, 9.17) is 4.74 Å². The minimum Gasteiger partial charge on any atom is -0.504 e. The van der Waals surface area contributed by atoms with E-state index in [2.05, 4.69) is 10.3 Å². The molecule has 0 radical (unpaired) electrons. The molecular weight excluding hydrogens is 360 g/mol. The molecule has 0 aliphatic heterocycles. The molecule has 7 nitrogen and oxygen atoms in total. The third kappa shape index (κ3) is 4.32. The van der Waals surface area contributed by atoms with E-state index < -0.39 is 17.9 Å². The van der Waals surface area contributed by atoms with Crippen LogP contribution in [-0.4, -0.2) is 40.2 Å². The zero-order valence-corrected chi connectivity index (χ0v) is 15.2. The number of aromatic amines is 1. The third-order valence-electron chi connectivity index (χ3n) is 4.33. The van der Waals surface area contributed by atoms with Crippen molar-refractivity contribution in [1.29, 1.82) is 0 Å². The largest absolute Gasteiger partial charge is 0.504 e. The first-order chi connectivity index (χ1) is 13.5. The van der Waals surface area contributed by atoms with E-state index in [1.807, 2.05) is 30.5 Å². The van der Waals surface area contributed by atoms with E-state index in [1.165, 1.54) is 31.4 Å². The van der Waals surface area contributed by atoms with E-state index in [9.17, 15) is 19.8 Å².